The lowest BCUT2D eigenvalue weighted by molar-refractivity contribution is 0.184. The number of hydrogen-bond donors (Lipinski definition) is 1. The van der Waals surface area contributed by atoms with Crippen molar-refractivity contribution in [1.82, 2.24) is 15.1 Å². The van der Waals surface area contributed by atoms with Crippen LogP contribution in [-0.4, -0.2) is 56.1 Å². The summed E-state index contributed by atoms with van der Waals surface area (Å²) in [6, 6.07) is 11.5. The highest BCUT2D eigenvalue weighted by Crippen LogP contribution is 2.31. The molecule has 1 aliphatic rings. The van der Waals surface area contributed by atoms with E-state index in [9.17, 15) is 0 Å². The number of piperazine rings is 1. The Bertz CT molecular complexity index is 541. The second-order valence-electron chi connectivity index (χ2n) is 5.93. The zero-order valence-electron chi connectivity index (χ0n) is 13.0. The molecule has 1 aromatic heterocycles. The van der Waals surface area contributed by atoms with E-state index in [1.54, 1.807) is 0 Å². The van der Waals surface area contributed by atoms with Crippen molar-refractivity contribution in [2.75, 3.05) is 46.3 Å². The summed E-state index contributed by atoms with van der Waals surface area (Å²) in [5.41, 5.74) is 0. The molecular formula is C17H25N3S. The molecule has 2 heterocycles. The van der Waals surface area contributed by atoms with Crippen LogP contribution in [0.2, 0.25) is 0 Å². The van der Waals surface area contributed by atoms with Crippen LogP contribution in [0.5, 0.6) is 0 Å². The normalized spacial score (nSPS) is 18.4. The Morgan fingerprint density at radius 3 is 2.81 bits per heavy atom. The maximum absolute atomic E-state index is 3.41. The first-order chi connectivity index (χ1) is 10.2. The van der Waals surface area contributed by atoms with E-state index in [0.717, 1.165) is 19.6 Å². The minimum absolute atomic E-state index is 0.491. The van der Waals surface area contributed by atoms with Gasteiger partial charge in [0.05, 0.1) is 0 Å². The van der Waals surface area contributed by atoms with Crippen molar-refractivity contribution < 1.29 is 0 Å². The summed E-state index contributed by atoms with van der Waals surface area (Å²) in [5, 5.41) is 4.79. The molecule has 1 saturated heterocycles. The van der Waals surface area contributed by atoms with Crippen LogP contribution in [0.4, 0.5) is 0 Å². The Labute approximate surface area is 131 Å². The molecule has 21 heavy (non-hydrogen) atoms. The van der Waals surface area contributed by atoms with E-state index >= 15 is 0 Å². The van der Waals surface area contributed by atoms with E-state index in [0.29, 0.717) is 6.04 Å². The molecule has 0 spiro atoms. The number of nitrogens with one attached hydrogen (secondary N) is 1. The molecule has 1 N–H and O–H groups in total. The monoisotopic (exact) mass is 303 g/mol. The van der Waals surface area contributed by atoms with E-state index in [4.69, 9.17) is 0 Å². The fourth-order valence-corrected chi connectivity index (χ4v) is 4.03. The van der Waals surface area contributed by atoms with E-state index in [-0.39, 0.29) is 0 Å². The van der Waals surface area contributed by atoms with Gasteiger partial charge in [0, 0.05) is 54.9 Å². The van der Waals surface area contributed by atoms with Gasteiger partial charge in [-0.1, -0.05) is 18.2 Å². The van der Waals surface area contributed by atoms with Gasteiger partial charge in [0.25, 0.3) is 0 Å². The quantitative estimate of drug-likeness (QED) is 0.916. The second kappa shape index (κ2) is 6.88. The van der Waals surface area contributed by atoms with Crippen LogP contribution in [0.15, 0.2) is 30.3 Å². The van der Waals surface area contributed by atoms with Crippen molar-refractivity contribution in [2.24, 2.45) is 0 Å². The van der Waals surface area contributed by atoms with Crippen molar-refractivity contribution in [3.63, 3.8) is 0 Å². The molecule has 1 unspecified atom stereocenters. The number of hydrogen-bond acceptors (Lipinski definition) is 4. The van der Waals surface area contributed by atoms with Gasteiger partial charge >= 0.3 is 0 Å². The van der Waals surface area contributed by atoms with Gasteiger partial charge in [0.2, 0.25) is 0 Å². The Morgan fingerprint density at radius 2 is 2.05 bits per heavy atom. The molecular weight excluding hydrogens is 278 g/mol. The van der Waals surface area contributed by atoms with Gasteiger partial charge in [0.15, 0.2) is 0 Å². The topological polar surface area (TPSA) is 18.5 Å². The van der Waals surface area contributed by atoms with Crippen LogP contribution in [0.1, 0.15) is 17.8 Å². The fraction of sp³-hybridized carbons (Fsp3) is 0.529. The Morgan fingerprint density at radius 1 is 1.29 bits per heavy atom. The lowest BCUT2D eigenvalue weighted by Gasteiger charge is -2.31. The van der Waals surface area contributed by atoms with Crippen molar-refractivity contribution in [1.29, 1.82) is 0 Å². The molecule has 1 aliphatic heterocycles. The maximum atomic E-state index is 3.41. The molecule has 114 valence electrons. The zero-order chi connectivity index (χ0) is 14.7. The Kier molecular flexibility index (Phi) is 4.91. The van der Waals surface area contributed by atoms with Crippen LogP contribution in [0.25, 0.3) is 10.1 Å². The lowest BCUT2D eigenvalue weighted by Crippen LogP contribution is -2.46. The summed E-state index contributed by atoms with van der Waals surface area (Å²) in [4.78, 5) is 6.51. The summed E-state index contributed by atoms with van der Waals surface area (Å²) in [5.74, 6) is 0. The minimum atomic E-state index is 0.491. The third-order valence-electron chi connectivity index (χ3n) is 4.50. The average molecular weight is 303 g/mol. The molecule has 0 amide bonds. The van der Waals surface area contributed by atoms with Gasteiger partial charge < -0.3 is 5.32 Å². The lowest BCUT2D eigenvalue weighted by atomic mass is 10.2. The number of benzene rings is 1. The molecule has 4 heteroatoms. The second-order valence-corrected chi connectivity index (χ2v) is 7.05. The third kappa shape index (κ3) is 3.64. The standard InChI is InChI=1S/C17H25N3S/c1-14(17-13-15-5-3-4-6-16(15)21-17)19(2)11-12-20-9-7-18-8-10-20/h3-6,13-14,18H,7-12H2,1-2H3. The number of rotatable bonds is 5. The number of thiophene rings is 1. The van der Waals surface area contributed by atoms with Crippen LogP contribution in [0.3, 0.4) is 0 Å². The van der Waals surface area contributed by atoms with Gasteiger partial charge in [-0.15, -0.1) is 11.3 Å². The van der Waals surface area contributed by atoms with Gasteiger partial charge in [-0.05, 0) is 31.5 Å². The van der Waals surface area contributed by atoms with Gasteiger partial charge in [0.1, 0.15) is 0 Å². The molecule has 3 rings (SSSR count). The number of likely N-dealkylation sites (N-methyl/N-ethyl adjacent to an activating group) is 1. The minimum Gasteiger partial charge on any atom is -0.314 e. The fourth-order valence-electron chi connectivity index (χ4n) is 2.85. The molecule has 0 aliphatic carbocycles. The summed E-state index contributed by atoms with van der Waals surface area (Å²) in [6.07, 6.45) is 0. The first-order valence-corrected chi connectivity index (χ1v) is 8.67. The molecule has 0 bridgehead atoms. The molecule has 0 saturated carbocycles. The number of nitrogens with zero attached hydrogens (tertiary/aromatic N) is 2. The largest absolute Gasteiger partial charge is 0.314 e. The van der Waals surface area contributed by atoms with E-state index < -0.39 is 0 Å². The summed E-state index contributed by atoms with van der Waals surface area (Å²) >= 11 is 1.93. The van der Waals surface area contributed by atoms with Crippen LogP contribution in [-0.2, 0) is 0 Å². The van der Waals surface area contributed by atoms with Gasteiger partial charge in [-0.2, -0.15) is 0 Å². The first-order valence-electron chi connectivity index (χ1n) is 7.86. The first kappa shape index (κ1) is 15.0. The molecule has 2 aromatic rings. The highest BCUT2D eigenvalue weighted by molar-refractivity contribution is 7.19. The Balaban J connectivity index is 1.59. The van der Waals surface area contributed by atoms with E-state index in [1.807, 2.05) is 11.3 Å². The van der Waals surface area contributed by atoms with Crippen molar-refractivity contribution in [3.8, 4) is 0 Å². The maximum Gasteiger partial charge on any atom is 0.0411 e. The highest BCUT2D eigenvalue weighted by Gasteiger charge is 2.16. The van der Waals surface area contributed by atoms with Crippen LogP contribution in [0, 0.1) is 0 Å². The summed E-state index contributed by atoms with van der Waals surface area (Å²) in [6.45, 7) is 9.27. The smallest absolute Gasteiger partial charge is 0.0411 e. The van der Waals surface area contributed by atoms with Crippen molar-refractivity contribution in [2.45, 2.75) is 13.0 Å². The predicted molar refractivity (Wildman–Crippen MR) is 92.2 cm³/mol. The summed E-state index contributed by atoms with van der Waals surface area (Å²) in [7, 11) is 2.25. The van der Waals surface area contributed by atoms with Crippen molar-refractivity contribution >= 4 is 21.4 Å². The molecule has 1 fully saturated rings. The molecule has 0 radical (unpaired) electrons. The van der Waals surface area contributed by atoms with Crippen LogP contribution >= 0.6 is 11.3 Å². The van der Waals surface area contributed by atoms with E-state index in [1.165, 1.54) is 34.6 Å². The molecule has 3 nitrogen and oxygen atoms in total. The van der Waals surface area contributed by atoms with Crippen LogP contribution < -0.4 is 5.32 Å². The average Bonchev–Trinajstić information content (AvgIpc) is 2.97. The third-order valence-corrected chi connectivity index (χ3v) is 5.78. The molecule has 1 atom stereocenters. The summed E-state index contributed by atoms with van der Waals surface area (Å²) < 4.78 is 1.40. The van der Waals surface area contributed by atoms with Gasteiger partial charge in [-0.3, -0.25) is 9.80 Å². The highest BCUT2D eigenvalue weighted by atomic mass is 32.1. The number of fused-ring (bicyclic) bond motifs is 1. The van der Waals surface area contributed by atoms with Crippen molar-refractivity contribution in [3.05, 3.63) is 35.2 Å². The Hall–Kier alpha value is -0.940. The van der Waals surface area contributed by atoms with Gasteiger partial charge in [-0.25, -0.2) is 0 Å². The predicted octanol–water partition coefficient (Wildman–Crippen LogP) is 2.80. The molecule has 1 aromatic carbocycles. The SMILES string of the molecule is CC(c1cc2ccccc2s1)N(C)CCN1CCNCC1. The zero-order valence-corrected chi connectivity index (χ0v) is 13.8. The van der Waals surface area contributed by atoms with E-state index in [2.05, 4.69) is 59.4 Å².